The van der Waals surface area contributed by atoms with E-state index in [1.807, 2.05) is 59.5 Å². The summed E-state index contributed by atoms with van der Waals surface area (Å²) in [7, 11) is 0. The number of nitrogens with one attached hydrogen (secondary N) is 1. The van der Waals surface area contributed by atoms with Crippen molar-refractivity contribution in [2.45, 2.75) is 25.4 Å². The smallest absolute Gasteiger partial charge is 0.317 e. The van der Waals surface area contributed by atoms with Crippen molar-refractivity contribution in [3.8, 4) is 0 Å². The minimum atomic E-state index is -0.452. The second-order valence-corrected chi connectivity index (χ2v) is 7.22. The maximum atomic E-state index is 12.3. The lowest BCUT2D eigenvalue weighted by molar-refractivity contribution is 0.0666. The highest BCUT2D eigenvalue weighted by atomic mass is 35.5. The lowest BCUT2D eigenvalue weighted by Crippen LogP contribution is -2.45. The third-order valence-corrected chi connectivity index (χ3v) is 5.27. The second-order valence-electron chi connectivity index (χ2n) is 6.79. The number of carbonyl (C=O) groups excluding carboxylic acids is 1. The Morgan fingerprint density at radius 2 is 1.77 bits per heavy atom. The molecule has 0 aliphatic carbocycles. The second kappa shape index (κ2) is 9.06. The summed E-state index contributed by atoms with van der Waals surface area (Å²) in [6, 6.07) is 17.4. The molecular weight excluding hydrogens is 348 g/mol. The molecule has 1 unspecified atom stereocenters. The number of piperidine rings is 1. The van der Waals surface area contributed by atoms with Crippen molar-refractivity contribution in [1.82, 2.24) is 10.2 Å². The van der Waals surface area contributed by atoms with E-state index in [0.29, 0.717) is 19.6 Å². The summed E-state index contributed by atoms with van der Waals surface area (Å²) in [5, 5.41) is 14.2. The van der Waals surface area contributed by atoms with Gasteiger partial charge in [-0.1, -0.05) is 54.1 Å². The first-order valence-corrected chi connectivity index (χ1v) is 9.51. The van der Waals surface area contributed by atoms with Gasteiger partial charge in [0, 0.05) is 24.7 Å². The fourth-order valence-electron chi connectivity index (χ4n) is 3.42. The zero-order valence-electron chi connectivity index (χ0n) is 14.8. The highest BCUT2D eigenvalue weighted by Gasteiger charge is 2.28. The molecule has 1 aliphatic rings. The summed E-state index contributed by atoms with van der Waals surface area (Å²) in [6.07, 6.45) is 1.97. The Labute approximate surface area is 159 Å². The lowest BCUT2D eigenvalue weighted by atomic mass is 9.87. The topological polar surface area (TPSA) is 52.6 Å². The Kier molecular flexibility index (Phi) is 6.53. The van der Waals surface area contributed by atoms with Crippen molar-refractivity contribution >= 4 is 17.6 Å². The number of amides is 2. The Morgan fingerprint density at radius 1 is 1.12 bits per heavy atom. The van der Waals surface area contributed by atoms with Gasteiger partial charge in [-0.3, -0.25) is 0 Å². The number of nitrogens with zero attached hydrogens (tertiary/aromatic N) is 1. The number of hydrogen-bond donors (Lipinski definition) is 2. The molecule has 1 saturated heterocycles. The fraction of sp³-hybridized carbons (Fsp3) is 0.381. The highest BCUT2D eigenvalue weighted by Crippen LogP contribution is 2.30. The monoisotopic (exact) mass is 372 g/mol. The van der Waals surface area contributed by atoms with E-state index >= 15 is 0 Å². The van der Waals surface area contributed by atoms with Crippen LogP contribution in [-0.2, 0) is 6.42 Å². The van der Waals surface area contributed by atoms with Gasteiger partial charge in [-0.25, -0.2) is 4.79 Å². The predicted molar refractivity (Wildman–Crippen MR) is 104 cm³/mol. The van der Waals surface area contributed by atoms with Gasteiger partial charge in [-0.2, -0.15) is 0 Å². The number of benzene rings is 2. The maximum Gasteiger partial charge on any atom is 0.317 e. The summed E-state index contributed by atoms with van der Waals surface area (Å²) in [5.41, 5.74) is 2.11. The summed E-state index contributed by atoms with van der Waals surface area (Å²) in [6.45, 7) is 1.97. The van der Waals surface area contributed by atoms with E-state index in [-0.39, 0.29) is 11.9 Å². The first-order valence-electron chi connectivity index (χ1n) is 9.14. The quantitative estimate of drug-likeness (QED) is 0.832. The van der Waals surface area contributed by atoms with Crippen LogP contribution in [0.4, 0.5) is 4.79 Å². The van der Waals surface area contributed by atoms with E-state index in [1.54, 1.807) is 0 Å². The normalized spacial score (nSPS) is 16.3. The molecule has 1 aliphatic heterocycles. The zero-order valence-corrected chi connectivity index (χ0v) is 15.5. The molecule has 5 heteroatoms. The molecule has 3 rings (SSSR count). The molecule has 26 heavy (non-hydrogen) atoms. The average molecular weight is 373 g/mol. The molecule has 2 aromatic rings. The molecule has 1 fully saturated rings. The SMILES string of the molecule is O=C(NCCc1ccc(Cl)cc1)N1CCC(C(O)c2ccccc2)CC1. The van der Waals surface area contributed by atoms with E-state index in [0.717, 1.165) is 35.4 Å². The van der Waals surface area contributed by atoms with Crippen LogP contribution in [0.25, 0.3) is 0 Å². The van der Waals surface area contributed by atoms with Crippen molar-refractivity contribution in [2.24, 2.45) is 5.92 Å². The van der Waals surface area contributed by atoms with E-state index in [9.17, 15) is 9.90 Å². The summed E-state index contributed by atoms with van der Waals surface area (Å²) < 4.78 is 0. The molecule has 2 N–H and O–H groups in total. The van der Waals surface area contributed by atoms with Crippen molar-refractivity contribution in [2.75, 3.05) is 19.6 Å². The molecule has 2 aromatic carbocycles. The number of hydrogen-bond acceptors (Lipinski definition) is 2. The van der Waals surface area contributed by atoms with Gasteiger partial charge in [0.05, 0.1) is 6.10 Å². The Morgan fingerprint density at radius 3 is 2.42 bits per heavy atom. The Bertz CT molecular complexity index is 698. The van der Waals surface area contributed by atoms with Crippen LogP contribution in [-0.4, -0.2) is 35.7 Å². The van der Waals surface area contributed by atoms with Gasteiger partial charge < -0.3 is 15.3 Å². The minimum absolute atomic E-state index is 0.0217. The molecule has 0 spiro atoms. The molecule has 0 bridgehead atoms. The molecule has 0 aromatic heterocycles. The van der Waals surface area contributed by atoms with Crippen LogP contribution in [0.1, 0.15) is 30.1 Å². The van der Waals surface area contributed by atoms with E-state index in [4.69, 9.17) is 11.6 Å². The van der Waals surface area contributed by atoms with Crippen LogP contribution in [0.2, 0.25) is 5.02 Å². The molecule has 1 atom stereocenters. The third kappa shape index (κ3) is 4.99. The number of urea groups is 1. The van der Waals surface area contributed by atoms with E-state index in [1.165, 1.54) is 0 Å². The minimum Gasteiger partial charge on any atom is -0.388 e. The number of aliphatic hydroxyl groups excluding tert-OH is 1. The molecule has 0 saturated carbocycles. The van der Waals surface area contributed by atoms with Gasteiger partial charge in [-0.15, -0.1) is 0 Å². The summed E-state index contributed by atoms with van der Waals surface area (Å²) >= 11 is 5.88. The number of aliphatic hydroxyl groups is 1. The summed E-state index contributed by atoms with van der Waals surface area (Å²) in [4.78, 5) is 14.2. The first kappa shape index (κ1) is 18.7. The fourth-order valence-corrected chi connectivity index (χ4v) is 3.54. The molecular formula is C21H25ClN2O2. The number of rotatable bonds is 5. The van der Waals surface area contributed by atoms with Gasteiger partial charge in [0.2, 0.25) is 0 Å². The zero-order chi connectivity index (χ0) is 18.4. The van der Waals surface area contributed by atoms with E-state index < -0.39 is 6.10 Å². The van der Waals surface area contributed by atoms with Gasteiger partial charge in [0.1, 0.15) is 0 Å². The highest BCUT2D eigenvalue weighted by molar-refractivity contribution is 6.30. The molecule has 4 nitrogen and oxygen atoms in total. The van der Waals surface area contributed by atoms with E-state index in [2.05, 4.69) is 5.32 Å². The van der Waals surface area contributed by atoms with Crippen molar-refractivity contribution in [3.05, 3.63) is 70.7 Å². The first-order chi connectivity index (χ1) is 12.6. The van der Waals surface area contributed by atoms with Crippen molar-refractivity contribution in [1.29, 1.82) is 0 Å². The largest absolute Gasteiger partial charge is 0.388 e. The van der Waals surface area contributed by atoms with Crippen LogP contribution < -0.4 is 5.32 Å². The molecule has 2 amide bonds. The van der Waals surface area contributed by atoms with Crippen LogP contribution >= 0.6 is 11.6 Å². The lowest BCUT2D eigenvalue weighted by Gasteiger charge is -2.34. The number of likely N-dealkylation sites (tertiary alicyclic amines) is 1. The van der Waals surface area contributed by atoms with Gasteiger partial charge >= 0.3 is 6.03 Å². The maximum absolute atomic E-state index is 12.3. The standard InChI is InChI=1S/C21H25ClN2O2/c22-19-8-6-16(7-9-19)10-13-23-21(26)24-14-11-18(12-15-24)20(25)17-4-2-1-3-5-17/h1-9,18,20,25H,10-15H2,(H,23,26). The van der Waals surface area contributed by atoms with Crippen molar-refractivity contribution < 1.29 is 9.90 Å². The number of halogens is 1. The van der Waals surface area contributed by atoms with Crippen LogP contribution in [0.5, 0.6) is 0 Å². The average Bonchev–Trinajstić information content (AvgIpc) is 2.69. The Balaban J connectivity index is 1.41. The number of carbonyl (C=O) groups is 1. The predicted octanol–water partition coefficient (Wildman–Crippen LogP) is 4.04. The van der Waals surface area contributed by atoms with Gasteiger partial charge in [-0.05, 0) is 48.4 Å². The van der Waals surface area contributed by atoms with Crippen LogP contribution in [0.15, 0.2) is 54.6 Å². The van der Waals surface area contributed by atoms with Crippen LogP contribution in [0.3, 0.4) is 0 Å². The third-order valence-electron chi connectivity index (χ3n) is 5.02. The Hall–Kier alpha value is -2.04. The van der Waals surface area contributed by atoms with Crippen molar-refractivity contribution in [3.63, 3.8) is 0 Å². The molecule has 138 valence electrons. The summed E-state index contributed by atoms with van der Waals surface area (Å²) in [5.74, 6) is 0.204. The molecule has 1 heterocycles. The molecule has 0 radical (unpaired) electrons. The van der Waals surface area contributed by atoms with Crippen LogP contribution in [0, 0.1) is 5.92 Å². The van der Waals surface area contributed by atoms with Gasteiger partial charge in [0.15, 0.2) is 0 Å². The van der Waals surface area contributed by atoms with Gasteiger partial charge in [0.25, 0.3) is 0 Å².